The average molecular weight is 283 g/mol. The van der Waals surface area contributed by atoms with Gasteiger partial charge in [0, 0.05) is 16.7 Å². The van der Waals surface area contributed by atoms with Gasteiger partial charge in [0.15, 0.2) is 0 Å². The van der Waals surface area contributed by atoms with Crippen molar-refractivity contribution in [3.05, 3.63) is 82.1 Å². The molecule has 0 radical (unpaired) electrons. The van der Waals surface area contributed by atoms with Gasteiger partial charge in [-0.15, -0.1) is 0 Å². The van der Waals surface area contributed by atoms with Gasteiger partial charge in [-0.2, -0.15) is 9.78 Å². The van der Waals surface area contributed by atoms with Gasteiger partial charge in [0.05, 0.1) is 11.4 Å². The molecule has 0 unspecified atom stereocenters. The maximum atomic E-state index is 12.0. The van der Waals surface area contributed by atoms with Crippen LogP contribution in [-0.4, -0.2) is 9.78 Å². The Hall–Kier alpha value is -2.39. The molecule has 0 amide bonds. The predicted molar refractivity (Wildman–Crippen MR) is 80.3 cm³/mol. The lowest BCUT2D eigenvalue weighted by Gasteiger charge is -2.07. The molecular formula is C16H11ClN2O. The van der Waals surface area contributed by atoms with Gasteiger partial charge in [0.1, 0.15) is 0 Å². The SMILES string of the molecule is O=c1ccc(-c2ccccc2)nn1-c1ccc(Cl)cc1. The van der Waals surface area contributed by atoms with E-state index in [1.165, 1.54) is 10.7 Å². The van der Waals surface area contributed by atoms with E-state index in [1.807, 2.05) is 30.3 Å². The van der Waals surface area contributed by atoms with Crippen molar-refractivity contribution in [2.45, 2.75) is 0 Å². The summed E-state index contributed by atoms with van der Waals surface area (Å²) in [5.41, 5.74) is 2.24. The molecule has 0 aliphatic heterocycles. The Morgan fingerprint density at radius 2 is 1.55 bits per heavy atom. The summed E-state index contributed by atoms with van der Waals surface area (Å²) in [6, 6.07) is 20.0. The second-order valence-electron chi connectivity index (χ2n) is 4.31. The highest BCUT2D eigenvalue weighted by molar-refractivity contribution is 6.30. The lowest BCUT2D eigenvalue weighted by Crippen LogP contribution is -2.20. The summed E-state index contributed by atoms with van der Waals surface area (Å²) in [5.74, 6) is 0. The third-order valence-corrected chi connectivity index (χ3v) is 3.19. The molecule has 3 aromatic rings. The van der Waals surface area contributed by atoms with E-state index in [0.717, 1.165) is 11.3 Å². The Kier molecular flexibility index (Phi) is 3.35. The first kappa shape index (κ1) is 12.6. The lowest BCUT2D eigenvalue weighted by molar-refractivity contribution is 0.812. The van der Waals surface area contributed by atoms with Crippen molar-refractivity contribution in [1.82, 2.24) is 9.78 Å². The van der Waals surface area contributed by atoms with Gasteiger partial charge in [-0.1, -0.05) is 41.9 Å². The van der Waals surface area contributed by atoms with Crippen LogP contribution >= 0.6 is 11.6 Å². The first-order valence-electron chi connectivity index (χ1n) is 6.16. The number of benzene rings is 2. The summed E-state index contributed by atoms with van der Waals surface area (Å²) in [5, 5.41) is 5.03. The number of nitrogens with zero attached hydrogens (tertiary/aromatic N) is 2. The molecule has 0 N–H and O–H groups in total. The highest BCUT2D eigenvalue weighted by atomic mass is 35.5. The first-order chi connectivity index (χ1) is 9.74. The largest absolute Gasteiger partial charge is 0.271 e. The van der Waals surface area contributed by atoms with Gasteiger partial charge in [-0.05, 0) is 30.3 Å². The summed E-state index contributed by atoms with van der Waals surface area (Å²) in [6.45, 7) is 0. The second kappa shape index (κ2) is 5.31. The van der Waals surface area contributed by atoms with Crippen molar-refractivity contribution in [2.75, 3.05) is 0 Å². The van der Waals surface area contributed by atoms with Crippen molar-refractivity contribution in [1.29, 1.82) is 0 Å². The van der Waals surface area contributed by atoms with Crippen molar-refractivity contribution in [3.8, 4) is 16.9 Å². The van der Waals surface area contributed by atoms with E-state index in [0.29, 0.717) is 10.7 Å². The molecule has 0 aliphatic rings. The quantitative estimate of drug-likeness (QED) is 0.720. The Balaban J connectivity index is 2.12. The van der Waals surface area contributed by atoms with Crippen LogP contribution in [0.1, 0.15) is 0 Å². The number of hydrogen-bond donors (Lipinski definition) is 0. The first-order valence-corrected chi connectivity index (χ1v) is 6.53. The number of aromatic nitrogens is 2. The number of hydrogen-bond acceptors (Lipinski definition) is 2. The van der Waals surface area contributed by atoms with Crippen LogP contribution in [0.3, 0.4) is 0 Å². The fourth-order valence-electron chi connectivity index (χ4n) is 1.94. The fourth-order valence-corrected chi connectivity index (χ4v) is 2.07. The van der Waals surface area contributed by atoms with E-state index in [2.05, 4.69) is 5.10 Å². The zero-order valence-corrected chi connectivity index (χ0v) is 11.3. The molecule has 0 saturated carbocycles. The molecule has 1 heterocycles. The van der Waals surface area contributed by atoms with Crippen LogP contribution in [0.2, 0.25) is 5.02 Å². The van der Waals surface area contributed by atoms with Crippen molar-refractivity contribution < 1.29 is 0 Å². The summed E-state index contributed by atoms with van der Waals surface area (Å²) >= 11 is 5.86. The highest BCUT2D eigenvalue weighted by Crippen LogP contribution is 2.16. The van der Waals surface area contributed by atoms with Crippen LogP contribution in [0.5, 0.6) is 0 Å². The molecule has 1 aromatic heterocycles. The molecule has 2 aromatic carbocycles. The Morgan fingerprint density at radius 3 is 2.25 bits per heavy atom. The van der Waals surface area contributed by atoms with Crippen LogP contribution < -0.4 is 5.56 Å². The zero-order chi connectivity index (χ0) is 13.9. The van der Waals surface area contributed by atoms with Gasteiger partial charge in [0.2, 0.25) is 0 Å². The molecule has 20 heavy (non-hydrogen) atoms. The summed E-state index contributed by atoms with van der Waals surface area (Å²) in [4.78, 5) is 12.0. The summed E-state index contributed by atoms with van der Waals surface area (Å²) < 4.78 is 1.37. The molecular weight excluding hydrogens is 272 g/mol. The molecule has 98 valence electrons. The van der Waals surface area contributed by atoms with E-state index in [9.17, 15) is 4.79 Å². The van der Waals surface area contributed by atoms with E-state index >= 15 is 0 Å². The Morgan fingerprint density at radius 1 is 0.850 bits per heavy atom. The topological polar surface area (TPSA) is 34.9 Å². The summed E-state index contributed by atoms with van der Waals surface area (Å²) in [6.07, 6.45) is 0. The average Bonchev–Trinajstić information content (AvgIpc) is 2.50. The molecule has 0 fully saturated rings. The second-order valence-corrected chi connectivity index (χ2v) is 4.75. The van der Waals surface area contributed by atoms with Crippen molar-refractivity contribution in [3.63, 3.8) is 0 Å². The molecule has 0 bridgehead atoms. The minimum atomic E-state index is -0.174. The smallest absolute Gasteiger partial charge is 0.267 e. The lowest BCUT2D eigenvalue weighted by atomic mass is 10.1. The highest BCUT2D eigenvalue weighted by Gasteiger charge is 2.04. The molecule has 0 atom stereocenters. The Bertz CT molecular complexity index is 780. The third-order valence-electron chi connectivity index (χ3n) is 2.94. The minimum Gasteiger partial charge on any atom is -0.267 e. The molecule has 0 saturated heterocycles. The maximum Gasteiger partial charge on any atom is 0.271 e. The third kappa shape index (κ3) is 2.49. The molecule has 0 aliphatic carbocycles. The van der Waals surface area contributed by atoms with E-state index < -0.39 is 0 Å². The maximum absolute atomic E-state index is 12.0. The van der Waals surface area contributed by atoms with E-state index in [1.54, 1.807) is 30.3 Å². The predicted octanol–water partition coefficient (Wildman–Crippen LogP) is 3.55. The number of halogens is 1. The molecule has 3 rings (SSSR count). The van der Waals surface area contributed by atoms with Gasteiger partial charge < -0.3 is 0 Å². The van der Waals surface area contributed by atoms with Crippen molar-refractivity contribution in [2.24, 2.45) is 0 Å². The Labute approximate surface area is 121 Å². The minimum absolute atomic E-state index is 0.174. The van der Waals surface area contributed by atoms with Gasteiger partial charge >= 0.3 is 0 Å². The van der Waals surface area contributed by atoms with Gasteiger partial charge in [0.25, 0.3) is 5.56 Å². The van der Waals surface area contributed by atoms with E-state index in [4.69, 9.17) is 11.6 Å². The normalized spacial score (nSPS) is 10.4. The fraction of sp³-hybridized carbons (Fsp3) is 0. The van der Waals surface area contributed by atoms with E-state index in [-0.39, 0.29) is 5.56 Å². The molecule has 3 nitrogen and oxygen atoms in total. The van der Waals surface area contributed by atoms with Crippen molar-refractivity contribution >= 4 is 11.6 Å². The van der Waals surface area contributed by atoms with Crippen LogP contribution in [0.4, 0.5) is 0 Å². The molecule has 4 heteroatoms. The standard InChI is InChI=1S/C16H11ClN2O/c17-13-6-8-14(9-7-13)19-16(20)11-10-15(18-19)12-4-2-1-3-5-12/h1-11H. The number of rotatable bonds is 2. The van der Waals surface area contributed by atoms with Gasteiger partial charge in [-0.25, -0.2) is 0 Å². The van der Waals surface area contributed by atoms with Gasteiger partial charge in [-0.3, -0.25) is 4.79 Å². The zero-order valence-electron chi connectivity index (χ0n) is 10.5. The van der Waals surface area contributed by atoms with Crippen LogP contribution in [0.15, 0.2) is 71.5 Å². The monoisotopic (exact) mass is 282 g/mol. The van der Waals surface area contributed by atoms with Crippen LogP contribution in [0, 0.1) is 0 Å². The molecule has 0 spiro atoms. The van der Waals surface area contributed by atoms with Crippen LogP contribution in [-0.2, 0) is 0 Å². The van der Waals surface area contributed by atoms with Crippen LogP contribution in [0.25, 0.3) is 16.9 Å². The summed E-state index contributed by atoms with van der Waals surface area (Å²) in [7, 11) is 0.